The van der Waals surface area contributed by atoms with E-state index in [4.69, 9.17) is 11.1 Å². The molecule has 4 heterocycles. The number of benzene rings is 1. The zero-order valence-electron chi connectivity index (χ0n) is 21.6. The Morgan fingerprint density at radius 2 is 1.69 bits per heavy atom. The molecule has 0 aliphatic carbocycles. The molecule has 1 unspecified atom stereocenters. The number of anilines is 3. The number of aromatic nitrogens is 3. The van der Waals surface area contributed by atoms with E-state index in [2.05, 4.69) is 67.9 Å². The van der Waals surface area contributed by atoms with E-state index in [1.54, 1.807) is 4.90 Å². The van der Waals surface area contributed by atoms with Crippen LogP contribution in [0.4, 0.5) is 17.6 Å². The first kappa shape index (κ1) is 24.0. The molecule has 2 aliphatic heterocycles. The number of amidine groups is 1. The Hall–Kier alpha value is -3.72. The maximum atomic E-state index is 8.14. The molecule has 0 radical (unpaired) electrons. The Balaban J connectivity index is 1.40. The van der Waals surface area contributed by atoms with Crippen molar-refractivity contribution in [1.29, 1.82) is 5.41 Å². The van der Waals surface area contributed by atoms with Gasteiger partial charge in [-0.05, 0) is 49.2 Å². The number of pyridine rings is 1. The Kier molecular flexibility index (Phi) is 6.49. The van der Waals surface area contributed by atoms with Gasteiger partial charge in [-0.2, -0.15) is 9.97 Å². The molecule has 3 aromatic rings. The lowest BCUT2D eigenvalue weighted by Gasteiger charge is -2.37. The fourth-order valence-corrected chi connectivity index (χ4v) is 4.94. The van der Waals surface area contributed by atoms with Gasteiger partial charge in [-0.1, -0.05) is 18.2 Å². The minimum atomic E-state index is 0.302. The first-order chi connectivity index (χ1) is 17.3. The molecule has 36 heavy (non-hydrogen) atoms. The van der Waals surface area contributed by atoms with Crippen LogP contribution in [-0.2, 0) is 13.0 Å². The summed E-state index contributed by atoms with van der Waals surface area (Å²) in [5, 5.41) is 8.14. The SMILES string of the molecule is CC1Cc2ccc(-c3ccc(C(=N)N(C)C)nc3)cc2CN1c1cc(N2CCN(C)CC2)nc(N)n1. The number of piperazine rings is 1. The number of fused-ring (bicyclic) bond motifs is 1. The van der Waals surface area contributed by atoms with Crippen LogP contribution >= 0.6 is 0 Å². The van der Waals surface area contributed by atoms with Gasteiger partial charge < -0.3 is 25.3 Å². The van der Waals surface area contributed by atoms with Crippen LogP contribution in [-0.4, -0.2) is 84.0 Å². The first-order valence-electron chi connectivity index (χ1n) is 12.5. The van der Waals surface area contributed by atoms with Crippen molar-refractivity contribution < 1.29 is 0 Å². The van der Waals surface area contributed by atoms with E-state index in [1.165, 1.54) is 11.1 Å². The minimum Gasteiger partial charge on any atom is -0.368 e. The Morgan fingerprint density at radius 3 is 2.39 bits per heavy atom. The fraction of sp³-hybridized carbons (Fsp3) is 0.407. The summed E-state index contributed by atoms with van der Waals surface area (Å²) in [5.74, 6) is 2.51. The Bertz CT molecular complexity index is 1250. The molecule has 0 saturated carbocycles. The quantitative estimate of drug-likeness (QED) is 0.430. The highest BCUT2D eigenvalue weighted by atomic mass is 15.3. The summed E-state index contributed by atoms with van der Waals surface area (Å²) in [4.78, 5) is 22.4. The highest BCUT2D eigenvalue weighted by Gasteiger charge is 2.26. The number of hydrogen-bond donors (Lipinski definition) is 2. The molecular weight excluding hydrogens is 450 g/mol. The molecule has 5 rings (SSSR count). The average Bonchev–Trinajstić information content (AvgIpc) is 2.87. The molecule has 3 N–H and O–H groups in total. The van der Waals surface area contributed by atoms with Gasteiger partial charge in [0.15, 0.2) is 0 Å². The van der Waals surface area contributed by atoms with Gasteiger partial charge in [0.2, 0.25) is 5.95 Å². The normalized spacial score (nSPS) is 18.2. The molecule has 0 bridgehead atoms. The van der Waals surface area contributed by atoms with Crippen LogP contribution in [0.3, 0.4) is 0 Å². The summed E-state index contributed by atoms with van der Waals surface area (Å²) in [6.07, 6.45) is 2.80. The maximum Gasteiger partial charge on any atom is 0.223 e. The lowest BCUT2D eigenvalue weighted by Crippen LogP contribution is -2.45. The first-order valence-corrected chi connectivity index (χ1v) is 12.5. The second kappa shape index (κ2) is 9.73. The molecule has 188 valence electrons. The van der Waals surface area contributed by atoms with Crippen LogP contribution in [0.5, 0.6) is 0 Å². The van der Waals surface area contributed by atoms with E-state index >= 15 is 0 Å². The van der Waals surface area contributed by atoms with Gasteiger partial charge in [0.1, 0.15) is 23.2 Å². The van der Waals surface area contributed by atoms with Gasteiger partial charge in [-0.25, -0.2) is 0 Å². The monoisotopic (exact) mass is 485 g/mol. The molecule has 2 aromatic heterocycles. The number of rotatable bonds is 4. The van der Waals surface area contributed by atoms with E-state index < -0.39 is 0 Å². The van der Waals surface area contributed by atoms with Gasteiger partial charge >= 0.3 is 0 Å². The smallest absolute Gasteiger partial charge is 0.223 e. The molecule has 1 saturated heterocycles. The van der Waals surface area contributed by atoms with Crippen molar-refractivity contribution in [3.05, 3.63) is 59.4 Å². The number of hydrogen-bond acceptors (Lipinski definition) is 8. The largest absolute Gasteiger partial charge is 0.368 e. The topological polar surface area (TPSA) is 102 Å². The molecule has 0 spiro atoms. The second-order valence-corrected chi connectivity index (χ2v) is 10.1. The summed E-state index contributed by atoms with van der Waals surface area (Å²) >= 11 is 0. The predicted molar refractivity (Wildman–Crippen MR) is 146 cm³/mol. The number of nitrogens with two attached hydrogens (primary N) is 1. The summed E-state index contributed by atoms with van der Waals surface area (Å²) in [6.45, 7) is 6.92. The van der Waals surface area contributed by atoms with E-state index in [-0.39, 0.29) is 0 Å². The van der Waals surface area contributed by atoms with Gasteiger partial charge in [-0.15, -0.1) is 0 Å². The van der Waals surface area contributed by atoms with E-state index in [1.807, 2.05) is 32.4 Å². The second-order valence-electron chi connectivity index (χ2n) is 10.1. The van der Waals surface area contributed by atoms with Crippen LogP contribution in [0.1, 0.15) is 23.7 Å². The van der Waals surface area contributed by atoms with Crippen LogP contribution in [0.15, 0.2) is 42.6 Å². The van der Waals surface area contributed by atoms with Gasteiger partial charge in [-0.3, -0.25) is 10.4 Å². The number of nitrogens with zero attached hydrogens (tertiary/aromatic N) is 7. The van der Waals surface area contributed by atoms with Crippen molar-refractivity contribution in [3.63, 3.8) is 0 Å². The molecule has 2 aliphatic rings. The van der Waals surface area contributed by atoms with Crippen molar-refractivity contribution in [3.8, 4) is 11.1 Å². The van der Waals surface area contributed by atoms with Crippen molar-refractivity contribution in [1.82, 2.24) is 24.8 Å². The lowest BCUT2D eigenvalue weighted by molar-refractivity contribution is 0.312. The van der Waals surface area contributed by atoms with Crippen LogP contribution in [0.25, 0.3) is 11.1 Å². The van der Waals surface area contributed by atoms with E-state index in [9.17, 15) is 0 Å². The van der Waals surface area contributed by atoms with Gasteiger partial charge in [0, 0.05) is 70.7 Å². The van der Waals surface area contributed by atoms with Gasteiger partial charge in [0.25, 0.3) is 0 Å². The molecule has 9 nitrogen and oxygen atoms in total. The van der Waals surface area contributed by atoms with Crippen molar-refractivity contribution in [2.45, 2.75) is 25.9 Å². The minimum absolute atomic E-state index is 0.302. The summed E-state index contributed by atoms with van der Waals surface area (Å²) < 4.78 is 0. The number of nitrogen functional groups attached to an aromatic ring is 1. The predicted octanol–water partition coefficient (Wildman–Crippen LogP) is 2.71. The van der Waals surface area contributed by atoms with Crippen LogP contribution in [0, 0.1) is 5.41 Å². The highest BCUT2D eigenvalue weighted by molar-refractivity contribution is 5.94. The summed E-state index contributed by atoms with van der Waals surface area (Å²) in [6, 6.07) is 13.0. The number of likely N-dealkylation sites (N-methyl/N-ethyl adjacent to an activating group) is 1. The number of nitrogens with one attached hydrogen (secondary N) is 1. The molecule has 0 amide bonds. The third-order valence-electron chi connectivity index (χ3n) is 7.22. The van der Waals surface area contributed by atoms with E-state index in [0.29, 0.717) is 23.5 Å². The molecular formula is C27H35N9. The van der Waals surface area contributed by atoms with Gasteiger partial charge in [0.05, 0.1) is 0 Å². The van der Waals surface area contributed by atoms with Crippen molar-refractivity contribution >= 4 is 23.4 Å². The summed E-state index contributed by atoms with van der Waals surface area (Å²) in [5.41, 5.74) is 11.7. The lowest BCUT2D eigenvalue weighted by atomic mass is 9.92. The maximum absolute atomic E-state index is 8.14. The zero-order chi connectivity index (χ0) is 25.4. The molecule has 9 heteroatoms. The molecule has 1 fully saturated rings. The third kappa shape index (κ3) is 4.83. The highest BCUT2D eigenvalue weighted by Crippen LogP contribution is 2.32. The standard InChI is InChI=1S/C27H35N9/c1-18-13-19-5-6-20(21-7-8-23(30-16-21)26(28)33(2)3)14-22(19)17-36(18)25-15-24(31-27(29)32-25)35-11-9-34(4)10-12-35/h5-8,14-16,18,28H,9-13,17H2,1-4H3,(H2,29,31,32). The van der Waals surface area contributed by atoms with Crippen LogP contribution < -0.4 is 15.5 Å². The Labute approximate surface area is 213 Å². The van der Waals surface area contributed by atoms with Crippen molar-refractivity contribution in [2.24, 2.45) is 0 Å². The van der Waals surface area contributed by atoms with E-state index in [0.717, 1.165) is 61.9 Å². The molecule has 1 aromatic carbocycles. The third-order valence-corrected chi connectivity index (χ3v) is 7.22. The Morgan fingerprint density at radius 1 is 0.972 bits per heavy atom. The fourth-order valence-electron chi connectivity index (χ4n) is 4.94. The van der Waals surface area contributed by atoms with Crippen LogP contribution in [0.2, 0.25) is 0 Å². The zero-order valence-corrected chi connectivity index (χ0v) is 21.6. The average molecular weight is 486 g/mol. The summed E-state index contributed by atoms with van der Waals surface area (Å²) in [7, 11) is 5.86. The van der Waals surface area contributed by atoms with Crippen molar-refractivity contribution in [2.75, 3.05) is 62.9 Å². The molecule has 1 atom stereocenters.